The number of aliphatic carboxylic acids is 1. The highest BCUT2D eigenvalue weighted by Gasteiger charge is 2.20. The summed E-state index contributed by atoms with van der Waals surface area (Å²) in [4.78, 5) is 25.2. The number of rotatable bonds is 8. The van der Waals surface area contributed by atoms with Crippen LogP contribution in [0, 0.1) is 0 Å². The molecule has 1 amide bonds. The molecule has 1 heterocycles. The number of nitrogens with zero attached hydrogens (tertiary/aromatic N) is 1. The molecule has 2 N–H and O–H groups in total. The van der Waals surface area contributed by atoms with Crippen LogP contribution in [0.5, 0.6) is 0 Å². The van der Waals surface area contributed by atoms with Gasteiger partial charge in [-0.25, -0.2) is 0 Å². The van der Waals surface area contributed by atoms with Gasteiger partial charge >= 0.3 is 5.97 Å². The lowest BCUT2D eigenvalue weighted by molar-refractivity contribution is -0.137. The Kier molecular flexibility index (Phi) is 7.20. The summed E-state index contributed by atoms with van der Waals surface area (Å²) in [6, 6.07) is 18.1. The number of nitrogens with one attached hydrogen (secondary N) is 1. The second kappa shape index (κ2) is 10.0. The van der Waals surface area contributed by atoms with Crippen molar-refractivity contribution < 1.29 is 14.7 Å². The van der Waals surface area contributed by atoms with Crippen molar-refractivity contribution >= 4 is 17.6 Å². The van der Waals surface area contributed by atoms with Crippen molar-refractivity contribution in [2.24, 2.45) is 0 Å². The van der Waals surface area contributed by atoms with Crippen LogP contribution >= 0.6 is 0 Å². The van der Waals surface area contributed by atoms with Gasteiger partial charge in [0.2, 0.25) is 5.91 Å². The van der Waals surface area contributed by atoms with Crippen molar-refractivity contribution in [3.8, 4) is 0 Å². The molecule has 1 fully saturated rings. The minimum Gasteiger partial charge on any atom is -0.481 e. The van der Waals surface area contributed by atoms with Crippen molar-refractivity contribution in [2.75, 3.05) is 25.0 Å². The monoisotopic (exact) mass is 380 g/mol. The Labute approximate surface area is 166 Å². The van der Waals surface area contributed by atoms with E-state index in [4.69, 9.17) is 5.11 Å². The van der Waals surface area contributed by atoms with Gasteiger partial charge in [-0.15, -0.1) is 0 Å². The number of benzene rings is 2. The average molecular weight is 380 g/mol. The normalized spacial score (nSPS) is 15.3. The molecular formula is C23H28N2O3. The Morgan fingerprint density at radius 2 is 1.64 bits per heavy atom. The van der Waals surface area contributed by atoms with Crippen molar-refractivity contribution in [3.63, 3.8) is 0 Å². The molecule has 148 valence electrons. The van der Waals surface area contributed by atoms with E-state index in [9.17, 15) is 9.59 Å². The molecule has 5 heteroatoms. The van der Waals surface area contributed by atoms with Crippen molar-refractivity contribution in [1.82, 2.24) is 4.90 Å². The third kappa shape index (κ3) is 6.20. The van der Waals surface area contributed by atoms with Crippen LogP contribution in [-0.4, -0.2) is 41.5 Å². The molecule has 0 radical (unpaired) electrons. The Bertz CT molecular complexity index is 766. The van der Waals surface area contributed by atoms with Gasteiger partial charge in [-0.2, -0.15) is 0 Å². The van der Waals surface area contributed by atoms with E-state index < -0.39 is 5.97 Å². The van der Waals surface area contributed by atoms with E-state index >= 15 is 0 Å². The van der Waals surface area contributed by atoms with E-state index in [1.807, 2.05) is 24.3 Å². The smallest absolute Gasteiger partial charge is 0.303 e. The quantitative estimate of drug-likeness (QED) is 0.728. The van der Waals surface area contributed by atoms with Crippen molar-refractivity contribution in [1.29, 1.82) is 0 Å². The van der Waals surface area contributed by atoms with Crippen molar-refractivity contribution in [3.05, 3.63) is 65.7 Å². The first kappa shape index (κ1) is 20.1. The molecule has 1 saturated heterocycles. The molecule has 0 aromatic heterocycles. The van der Waals surface area contributed by atoms with Gasteiger partial charge in [-0.05, 0) is 61.5 Å². The predicted octanol–water partition coefficient (Wildman–Crippen LogP) is 3.91. The van der Waals surface area contributed by atoms with Crippen LogP contribution in [0.1, 0.15) is 42.7 Å². The van der Waals surface area contributed by atoms with E-state index in [1.165, 1.54) is 5.56 Å². The van der Waals surface area contributed by atoms with E-state index in [0.717, 1.165) is 43.7 Å². The van der Waals surface area contributed by atoms with Gasteiger partial charge in [0, 0.05) is 25.1 Å². The zero-order valence-corrected chi connectivity index (χ0v) is 16.1. The van der Waals surface area contributed by atoms with E-state index in [2.05, 4.69) is 40.5 Å². The molecular weight excluding hydrogens is 352 g/mol. The number of anilines is 1. The molecule has 1 aliphatic heterocycles. The van der Waals surface area contributed by atoms with Gasteiger partial charge in [0.25, 0.3) is 0 Å². The summed E-state index contributed by atoms with van der Waals surface area (Å²) in [5.41, 5.74) is 3.14. The molecule has 2 aromatic carbocycles. The summed E-state index contributed by atoms with van der Waals surface area (Å²) in [6.45, 7) is 2.85. The molecule has 0 saturated carbocycles. The Morgan fingerprint density at radius 1 is 0.964 bits per heavy atom. The predicted molar refractivity (Wildman–Crippen MR) is 111 cm³/mol. The lowest BCUT2D eigenvalue weighted by Gasteiger charge is -2.32. The first-order valence-corrected chi connectivity index (χ1v) is 9.98. The second-order valence-corrected chi connectivity index (χ2v) is 7.42. The minimum atomic E-state index is -0.801. The number of aryl methyl sites for hydroxylation is 1. The number of hydrogen-bond donors (Lipinski definition) is 2. The molecule has 1 aliphatic rings. The first-order valence-electron chi connectivity index (χ1n) is 9.98. The fraction of sp³-hybridized carbons (Fsp3) is 0.391. The SMILES string of the molecule is O=C(O)CCc1ccc(NC(=O)CCN2CCC(c3ccccc3)CC2)cc1. The van der Waals surface area contributed by atoms with Crippen LogP contribution < -0.4 is 5.32 Å². The number of carbonyl (C=O) groups is 2. The van der Waals surface area contributed by atoms with Crippen molar-refractivity contribution in [2.45, 2.75) is 38.0 Å². The third-order valence-corrected chi connectivity index (χ3v) is 5.38. The Hall–Kier alpha value is -2.66. The van der Waals surface area contributed by atoms with Crippen LogP contribution in [0.3, 0.4) is 0 Å². The number of likely N-dealkylation sites (tertiary alicyclic amines) is 1. The summed E-state index contributed by atoms with van der Waals surface area (Å²) < 4.78 is 0. The maximum Gasteiger partial charge on any atom is 0.303 e. The average Bonchev–Trinajstić information content (AvgIpc) is 2.73. The summed E-state index contributed by atoms with van der Waals surface area (Å²) in [5.74, 6) is -0.153. The minimum absolute atomic E-state index is 0.0171. The first-order chi connectivity index (χ1) is 13.6. The summed E-state index contributed by atoms with van der Waals surface area (Å²) >= 11 is 0. The zero-order chi connectivity index (χ0) is 19.8. The Morgan fingerprint density at radius 3 is 2.29 bits per heavy atom. The van der Waals surface area contributed by atoms with Gasteiger partial charge in [0.05, 0.1) is 0 Å². The topological polar surface area (TPSA) is 69.6 Å². The summed E-state index contributed by atoms with van der Waals surface area (Å²) in [6.07, 6.45) is 3.39. The number of carbonyl (C=O) groups excluding carboxylic acids is 1. The maximum absolute atomic E-state index is 12.2. The molecule has 28 heavy (non-hydrogen) atoms. The number of piperidine rings is 1. The molecule has 5 nitrogen and oxygen atoms in total. The molecule has 3 rings (SSSR count). The number of amides is 1. The van der Waals surface area contributed by atoms with Gasteiger partial charge in [-0.1, -0.05) is 42.5 Å². The Balaban J connectivity index is 1.37. The van der Waals surface area contributed by atoms with E-state index in [-0.39, 0.29) is 12.3 Å². The second-order valence-electron chi connectivity index (χ2n) is 7.42. The third-order valence-electron chi connectivity index (χ3n) is 5.38. The highest BCUT2D eigenvalue weighted by atomic mass is 16.4. The van der Waals surface area contributed by atoms with E-state index in [1.54, 1.807) is 0 Å². The maximum atomic E-state index is 12.2. The molecule has 0 unspecified atom stereocenters. The van der Waals surface area contributed by atoms with Gasteiger partial charge in [-0.3, -0.25) is 9.59 Å². The van der Waals surface area contributed by atoms with Crippen LogP contribution in [0.4, 0.5) is 5.69 Å². The van der Waals surface area contributed by atoms with Gasteiger partial charge in [0.15, 0.2) is 0 Å². The number of hydrogen-bond acceptors (Lipinski definition) is 3. The molecule has 2 aromatic rings. The van der Waals surface area contributed by atoms with Gasteiger partial charge in [0.1, 0.15) is 0 Å². The molecule has 0 spiro atoms. The fourth-order valence-corrected chi connectivity index (χ4v) is 3.70. The van der Waals surface area contributed by atoms with Crippen LogP contribution in [0.15, 0.2) is 54.6 Å². The number of carboxylic acids is 1. The summed E-state index contributed by atoms with van der Waals surface area (Å²) in [7, 11) is 0. The van der Waals surface area contributed by atoms with E-state index in [0.29, 0.717) is 18.8 Å². The fourth-order valence-electron chi connectivity index (χ4n) is 3.70. The summed E-state index contributed by atoms with van der Waals surface area (Å²) in [5, 5.41) is 11.7. The van der Waals surface area contributed by atoms with Gasteiger partial charge < -0.3 is 15.3 Å². The zero-order valence-electron chi connectivity index (χ0n) is 16.1. The van der Waals surface area contributed by atoms with Crippen LogP contribution in [0.25, 0.3) is 0 Å². The molecule has 0 bridgehead atoms. The van der Waals surface area contributed by atoms with Crippen LogP contribution in [0.2, 0.25) is 0 Å². The lowest BCUT2D eigenvalue weighted by Crippen LogP contribution is -2.35. The number of carboxylic acid groups (broad SMARTS) is 1. The lowest BCUT2D eigenvalue weighted by atomic mass is 9.89. The standard InChI is InChI=1S/C23H28N2O3/c26-22(24-21-9-6-18(7-10-21)8-11-23(27)28)14-17-25-15-12-20(13-16-25)19-4-2-1-3-5-19/h1-7,9-10,20H,8,11-17H2,(H,24,26)(H,27,28). The highest BCUT2D eigenvalue weighted by molar-refractivity contribution is 5.90. The highest BCUT2D eigenvalue weighted by Crippen LogP contribution is 2.27. The largest absolute Gasteiger partial charge is 0.481 e. The van der Waals surface area contributed by atoms with Crippen LogP contribution in [-0.2, 0) is 16.0 Å². The molecule has 0 aliphatic carbocycles. The molecule has 0 atom stereocenters.